The van der Waals surface area contributed by atoms with Crippen molar-refractivity contribution in [2.75, 3.05) is 30.9 Å². The van der Waals surface area contributed by atoms with Crippen molar-refractivity contribution in [3.63, 3.8) is 0 Å². The van der Waals surface area contributed by atoms with Crippen LogP contribution in [-0.2, 0) is 0 Å². The quantitative estimate of drug-likeness (QED) is 0.149. The van der Waals surface area contributed by atoms with E-state index in [1.54, 1.807) is 11.9 Å². The van der Waals surface area contributed by atoms with Gasteiger partial charge in [-0.3, -0.25) is 15.5 Å². The summed E-state index contributed by atoms with van der Waals surface area (Å²) < 4.78 is 0. The summed E-state index contributed by atoms with van der Waals surface area (Å²) in [6.07, 6.45) is 0.705. The minimum Gasteiger partial charge on any atom is -0.397 e. The van der Waals surface area contributed by atoms with Crippen LogP contribution in [0.1, 0.15) is 6.42 Å². The molecule has 0 aliphatic carbocycles. The van der Waals surface area contributed by atoms with Crippen molar-refractivity contribution in [3.05, 3.63) is 28.3 Å². The van der Waals surface area contributed by atoms with E-state index in [0.717, 1.165) is 5.01 Å². The number of guanidine groups is 1. The van der Waals surface area contributed by atoms with Gasteiger partial charge in [0.2, 0.25) is 5.96 Å². The zero-order valence-electron chi connectivity index (χ0n) is 11.2. The first-order chi connectivity index (χ1) is 9.38. The molecule has 0 aliphatic heterocycles. The van der Waals surface area contributed by atoms with Gasteiger partial charge in [0.25, 0.3) is 5.69 Å². The molecule has 0 aromatic heterocycles. The van der Waals surface area contributed by atoms with Gasteiger partial charge in [0, 0.05) is 25.7 Å². The van der Waals surface area contributed by atoms with Crippen molar-refractivity contribution in [1.29, 1.82) is 5.41 Å². The average Bonchev–Trinajstić information content (AvgIpc) is 2.43. The molecule has 9 heteroatoms. The minimum atomic E-state index is -0.543. The molecular weight excluding hydrogens is 262 g/mol. The van der Waals surface area contributed by atoms with E-state index >= 15 is 0 Å². The molecule has 110 valence electrons. The Bertz CT molecular complexity index is 506. The Kier molecular flexibility index (Phi) is 5.23. The van der Waals surface area contributed by atoms with E-state index in [0.29, 0.717) is 19.5 Å². The number of non-ortho nitro benzene ring substituents is 1. The van der Waals surface area contributed by atoms with Crippen LogP contribution in [0.15, 0.2) is 18.2 Å². The maximum Gasteiger partial charge on any atom is 0.271 e. The largest absolute Gasteiger partial charge is 0.397 e. The highest BCUT2D eigenvalue weighted by Crippen LogP contribution is 2.26. The molecule has 20 heavy (non-hydrogen) atoms. The van der Waals surface area contributed by atoms with Crippen LogP contribution in [0, 0.1) is 15.5 Å². The fourth-order valence-electron chi connectivity index (χ4n) is 1.59. The van der Waals surface area contributed by atoms with Crippen LogP contribution < -0.4 is 22.3 Å². The molecule has 1 aromatic carbocycles. The van der Waals surface area contributed by atoms with E-state index in [1.807, 2.05) is 0 Å². The highest BCUT2D eigenvalue weighted by atomic mass is 16.6. The Morgan fingerprint density at radius 1 is 1.50 bits per heavy atom. The van der Waals surface area contributed by atoms with Crippen LogP contribution in [0.2, 0.25) is 0 Å². The molecule has 9 nitrogen and oxygen atoms in total. The smallest absolute Gasteiger partial charge is 0.271 e. The van der Waals surface area contributed by atoms with Gasteiger partial charge in [-0.1, -0.05) is 0 Å². The second kappa shape index (κ2) is 6.68. The van der Waals surface area contributed by atoms with E-state index in [-0.39, 0.29) is 23.0 Å². The lowest BCUT2D eigenvalue weighted by Crippen LogP contribution is -2.47. The molecule has 0 spiro atoms. The number of nitrogens with zero attached hydrogens (tertiary/aromatic N) is 3. The van der Waals surface area contributed by atoms with Crippen LogP contribution in [0.4, 0.5) is 17.1 Å². The molecule has 0 heterocycles. The van der Waals surface area contributed by atoms with Crippen molar-refractivity contribution >= 4 is 23.0 Å². The first-order valence-corrected chi connectivity index (χ1v) is 5.97. The van der Waals surface area contributed by atoms with E-state index in [2.05, 4.69) is 0 Å². The summed E-state index contributed by atoms with van der Waals surface area (Å²) in [7, 11) is 1.69. The predicted molar refractivity (Wildman–Crippen MR) is 78.2 cm³/mol. The summed E-state index contributed by atoms with van der Waals surface area (Å²) in [5, 5.41) is 19.7. The minimum absolute atomic E-state index is 0.0225. The average molecular weight is 281 g/mol. The maximum atomic E-state index is 10.8. The van der Waals surface area contributed by atoms with E-state index in [1.165, 1.54) is 18.2 Å². The summed E-state index contributed by atoms with van der Waals surface area (Å²) in [6, 6.07) is 3.91. The molecule has 0 unspecified atom stereocenters. The Balaban J connectivity index is 2.95. The topological polar surface area (TPSA) is 152 Å². The first-order valence-electron chi connectivity index (χ1n) is 5.97. The Morgan fingerprint density at radius 2 is 2.15 bits per heavy atom. The van der Waals surface area contributed by atoms with Crippen LogP contribution in [-0.4, -0.2) is 35.9 Å². The number of anilines is 2. The number of nitro benzene ring substituents is 1. The molecule has 0 atom stereocenters. The number of nitrogens with one attached hydrogen (secondary N) is 1. The summed E-state index contributed by atoms with van der Waals surface area (Å²) >= 11 is 0. The van der Waals surface area contributed by atoms with Gasteiger partial charge in [0.15, 0.2) is 0 Å². The van der Waals surface area contributed by atoms with Gasteiger partial charge in [0.1, 0.15) is 0 Å². The molecular formula is C11H19N7O2. The van der Waals surface area contributed by atoms with Crippen molar-refractivity contribution in [1.82, 2.24) is 4.90 Å². The third-order valence-electron chi connectivity index (χ3n) is 2.77. The van der Waals surface area contributed by atoms with E-state index in [9.17, 15) is 10.1 Å². The molecule has 1 aromatic rings. The molecule has 0 saturated carbocycles. The van der Waals surface area contributed by atoms with E-state index in [4.69, 9.17) is 22.7 Å². The van der Waals surface area contributed by atoms with Crippen LogP contribution in [0.3, 0.4) is 0 Å². The molecule has 0 fully saturated rings. The number of nitrogen functional groups attached to an aromatic ring is 1. The second-order valence-electron chi connectivity index (χ2n) is 4.26. The molecule has 0 aliphatic rings. The molecule has 0 radical (unpaired) electrons. The van der Waals surface area contributed by atoms with Gasteiger partial charge in [0.05, 0.1) is 16.3 Å². The Morgan fingerprint density at radius 3 is 2.70 bits per heavy atom. The number of benzene rings is 1. The number of hydrazine groups is 1. The van der Waals surface area contributed by atoms with Gasteiger partial charge < -0.3 is 16.4 Å². The van der Waals surface area contributed by atoms with Crippen molar-refractivity contribution in [2.45, 2.75) is 6.42 Å². The van der Waals surface area contributed by atoms with Crippen LogP contribution >= 0.6 is 0 Å². The molecule has 0 bridgehead atoms. The standard InChI is InChI=1S/C11H19N7O2/c1-16(6-2-5-12)11(14)17(15)10-7-8(18(19)20)3-4-9(10)13/h3-4,7,14H,2,5-6,12-13,15H2,1H3. The SMILES string of the molecule is CN(CCCN)C(=N)N(N)c1cc([N+](=O)[O-])ccc1N. The monoisotopic (exact) mass is 281 g/mol. The molecule has 7 N–H and O–H groups in total. The summed E-state index contributed by atoms with van der Waals surface area (Å²) in [4.78, 5) is 11.8. The lowest BCUT2D eigenvalue weighted by Gasteiger charge is -2.27. The van der Waals surface area contributed by atoms with Crippen molar-refractivity contribution < 1.29 is 4.92 Å². The zero-order valence-corrected chi connectivity index (χ0v) is 11.2. The molecule has 1 rings (SSSR count). The fourth-order valence-corrected chi connectivity index (χ4v) is 1.59. The Labute approximate surface area is 116 Å². The summed E-state index contributed by atoms with van der Waals surface area (Å²) in [5.41, 5.74) is 11.5. The first kappa shape index (κ1) is 15.7. The van der Waals surface area contributed by atoms with Gasteiger partial charge in [-0.25, -0.2) is 10.9 Å². The van der Waals surface area contributed by atoms with Crippen LogP contribution in [0.25, 0.3) is 0 Å². The summed E-state index contributed by atoms with van der Waals surface area (Å²) in [5.74, 6) is 5.79. The third kappa shape index (κ3) is 3.56. The van der Waals surface area contributed by atoms with Crippen molar-refractivity contribution in [2.24, 2.45) is 11.6 Å². The van der Waals surface area contributed by atoms with Crippen LogP contribution in [0.5, 0.6) is 0 Å². The lowest BCUT2D eigenvalue weighted by atomic mass is 10.2. The number of rotatable bonds is 5. The summed E-state index contributed by atoms with van der Waals surface area (Å²) in [6.45, 7) is 1.05. The zero-order chi connectivity index (χ0) is 15.3. The second-order valence-corrected chi connectivity index (χ2v) is 4.26. The van der Waals surface area contributed by atoms with Gasteiger partial charge >= 0.3 is 0 Å². The molecule has 0 amide bonds. The fraction of sp³-hybridized carbons (Fsp3) is 0.364. The number of nitro groups is 1. The predicted octanol–water partition coefficient (Wildman–Crippen LogP) is 0.0725. The maximum absolute atomic E-state index is 10.8. The van der Waals surface area contributed by atoms with Crippen molar-refractivity contribution in [3.8, 4) is 0 Å². The van der Waals surface area contributed by atoms with Gasteiger partial charge in [-0.05, 0) is 19.0 Å². The third-order valence-corrected chi connectivity index (χ3v) is 2.77. The number of nitrogens with two attached hydrogens (primary N) is 3. The lowest BCUT2D eigenvalue weighted by molar-refractivity contribution is -0.384. The van der Waals surface area contributed by atoms with Gasteiger partial charge in [-0.15, -0.1) is 0 Å². The highest BCUT2D eigenvalue weighted by Gasteiger charge is 2.18. The normalized spacial score (nSPS) is 10.2. The number of hydrogen-bond donors (Lipinski definition) is 4. The highest BCUT2D eigenvalue weighted by molar-refractivity contribution is 5.95. The Hall–Kier alpha value is -2.39. The number of hydrogen-bond acceptors (Lipinski definition) is 6. The molecule has 0 saturated heterocycles. The van der Waals surface area contributed by atoms with Gasteiger partial charge in [-0.2, -0.15) is 0 Å². The van der Waals surface area contributed by atoms with E-state index < -0.39 is 4.92 Å².